The number of halogens is 1. The fourth-order valence-corrected chi connectivity index (χ4v) is 2.47. The Morgan fingerprint density at radius 3 is 2.64 bits per heavy atom. The Hall–Kier alpha value is -2.17. The number of rotatable bonds is 4. The summed E-state index contributed by atoms with van der Waals surface area (Å²) in [5.41, 5.74) is 0.386. The van der Waals surface area contributed by atoms with Gasteiger partial charge < -0.3 is 9.64 Å². The molecule has 22 heavy (non-hydrogen) atoms. The van der Waals surface area contributed by atoms with E-state index < -0.39 is 0 Å². The molecule has 1 amide bonds. The van der Waals surface area contributed by atoms with E-state index in [-0.39, 0.29) is 23.6 Å². The third-order valence-corrected chi connectivity index (χ3v) is 3.74. The molecule has 0 aliphatic carbocycles. The Labute approximate surface area is 129 Å². The number of hydrogen-bond acceptors (Lipinski definition) is 3. The summed E-state index contributed by atoms with van der Waals surface area (Å²) in [4.78, 5) is 25.4. The molecule has 1 aliphatic heterocycles. The van der Waals surface area contributed by atoms with Gasteiger partial charge >= 0.3 is 5.97 Å². The van der Waals surface area contributed by atoms with Crippen molar-refractivity contribution >= 4 is 18.0 Å². The summed E-state index contributed by atoms with van der Waals surface area (Å²) >= 11 is 0. The highest BCUT2D eigenvalue weighted by atomic mass is 19.1. The van der Waals surface area contributed by atoms with E-state index in [0.717, 1.165) is 0 Å². The van der Waals surface area contributed by atoms with Crippen molar-refractivity contribution in [3.63, 3.8) is 0 Å². The van der Waals surface area contributed by atoms with Gasteiger partial charge in [-0.1, -0.05) is 18.2 Å². The number of benzene rings is 1. The summed E-state index contributed by atoms with van der Waals surface area (Å²) in [7, 11) is 0. The third-order valence-electron chi connectivity index (χ3n) is 3.74. The molecule has 1 aliphatic rings. The maximum Gasteiger partial charge on any atom is 0.309 e. The highest BCUT2D eigenvalue weighted by Gasteiger charge is 2.27. The first-order valence-electron chi connectivity index (χ1n) is 7.50. The first kappa shape index (κ1) is 16.2. The molecule has 0 aromatic heterocycles. The minimum absolute atomic E-state index is 0.125. The zero-order valence-corrected chi connectivity index (χ0v) is 12.6. The maximum atomic E-state index is 13.5. The second-order valence-electron chi connectivity index (χ2n) is 5.21. The molecule has 2 rings (SSSR count). The van der Waals surface area contributed by atoms with Crippen molar-refractivity contribution in [1.82, 2.24) is 4.90 Å². The summed E-state index contributed by atoms with van der Waals surface area (Å²) in [6.07, 6.45) is 4.08. The minimum atomic E-state index is -0.354. The predicted molar refractivity (Wildman–Crippen MR) is 81.4 cm³/mol. The van der Waals surface area contributed by atoms with Gasteiger partial charge in [-0.15, -0.1) is 0 Å². The fourth-order valence-electron chi connectivity index (χ4n) is 2.47. The maximum absolute atomic E-state index is 13.5. The molecule has 0 saturated carbocycles. The van der Waals surface area contributed by atoms with E-state index >= 15 is 0 Å². The van der Waals surface area contributed by atoms with E-state index in [0.29, 0.717) is 38.1 Å². The van der Waals surface area contributed by atoms with Gasteiger partial charge in [-0.05, 0) is 31.9 Å². The minimum Gasteiger partial charge on any atom is -0.466 e. The van der Waals surface area contributed by atoms with Gasteiger partial charge in [0.05, 0.1) is 12.5 Å². The Balaban J connectivity index is 1.88. The van der Waals surface area contributed by atoms with Crippen LogP contribution in [0.5, 0.6) is 0 Å². The first-order valence-corrected chi connectivity index (χ1v) is 7.50. The van der Waals surface area contributed by atoms with Crippen LogP contribution in [0.25, 0.3) is 6.08 Å². The van der Waals surface area contributed by atoms with Crippen molar-refractivity contribution in [3.05, 3.63) is 41.7 Å². The van der Waals surface area contributed by atoms with E-state index in [1.165, 1.54) is 18.2 Å². The average molecular weight is 305 g/mol. The Kier molecular flexibility index (Phi) is 5.69. The summed E-state index contributed by atoms with van der Waals surface area (Å²) in [5, 5.41) is 0. The number of amides is 1. The van der Waals surface area contributed by atoms with Gasteiger partial charge in [0.25, 0.3) is 0 Å². The number of carbonyl (C=O) groups excluding carboxylic acids is 2. The van der Waals surface area contributed by atoms with Crippen molar-refractivity contribution in [2.75, 3.05) is 19.7 Å². The molecule has 1 fully saturated rings. The summed E-state index contributed by atoms with van der Waals surface area (Å²) in [6, 6.07) is 6.30. The lowest BCUT2D eigenvalue weighted by Gasteiger charge is -2.30. The highest BCUT2D eigenvalue weighted by molar-refractivity contribution is 5.92. The van der Waals surface area contributed by atoms with Crippen molar-refractivity contribution in [1.29, 1.82) is 0 Å². The fraction of sp³-hybridized carbons (Fsp3) is 0.412. The van der Waals surface area contributed by atoms with Gasteiger partial charge in [-0.2, -0.15) is 0 Å². The number of esters is 1. The quantitative estimate of drug-likeness (QED) is 0.634. The summed E-state index contributed by atoms with van der Waals surface area (Å²) in [5.74, 6) is -0.825. The van der Waals surface area contributed by atoms with Crippen LogP contribution in [-0.4, -0.2) is 36.5 Å². The molecule has 4 nitrogen and oxygen atoms in total. The van der Waals surface area contributed by atoms with E-state index in [4.69, 9.17) is 4.74 Å². The van der Waals surface area contributed by atoms with Crippen LogP contribution in [0.2, 0.25) is 0 Å². The van der Waals surface area contributed by atoms with E-state index in [9.17, 15) is 14.0 Å². The smallest absolute Gasteiger partial charge is 0.309 e. The van der Waals surface area contributed by atoms with Crippen LogP contribution in [0.15, 0.2) is 30.3 Å². The van der Waals surface area contributed by atoms with E-state index in [1.807, 2.05) is 0 Å². The van der Waals surface area contributed by atoms with Crippen LogP contribution in [0.1, 0.15) is 25.3 Å². The highest BCUT2D eigenvalue weighted by Crippen LogP contribution is 2.19. The average Bonchev–Trinajstić information content (AvgIpc) is 2.54. The van der Waals surface area contributed by atoms with E-state index in [2.05, 4.69) is 0 Å². The van der Waals surface area contributed by atoms with Gasteiger partial charge in [0.1, 0.15) is 5.82 Å². The predicted octanol–water partition coefficient (Wildman–Crippen LogP) is 2.64. The molecular formula is C17H20FNO3. The van der Waals surface area contributed by atoms with Crippen LogP contribution in [-0.2, 0) is 14.3 Å². The number of carbonyl (C=O) groups is 2. The van der Waals surface area contributed by atoms with Crippen molar-refractivity contribution in [2.24, 2.45) is 5.92 Å². The van der Waals surface area contributed by atoms with Gasteiger partial charge in [-0.3, -0.25) is 9.59 Å². The summed E-state index contributed by atoms with van der Waals surface area (Å²) in [6.45, 7) is 3.20. The van der Waals surface area contributed by atoms with Crippen molar-refractivity contribution < 1.29 is 18.7 Å². The van der Waals surface area contributed by atoms with Crippen molar-refractivity contribution in [3.8, 4) is 0 Å². The van der Waals surface area contributed by atoms with Crippen LogP contribution < -0.4 is 0 Å². The molecule has 5 heteroatoms. The standard InChI is InChI=1S/C17H20FNO3/c1-2-22-17(21)14-9-11-19(12-10-14)16(20)8-7-13-5-3-4-6-15(13)18/h3-8,14H,2,9-12H2,1H3/b8-7+. The van der Waals surface area contributed by atoms with Gasteiger partial charge in [0.15, 0.2) is 0 Å². The molecule has 1 heterocycles. The second kappa shape index (κ2) is 7.73. The number of likely N-dealkylation sites (tertiary alicyclic amines) is 1. The Bertz CT molecular complexity index is 563. The molecule has 0 radical (unpaired) electrons. The molecule has 1 aromatic carbocycles. The zero-order valence-electron chi connectivity index (χ0n) is 12.6. The topological polar surface area (TPSA) is 46.6 Å². The lowest BCUT2D eigenvalue weighted by molar-refractivity contribution is -0.150. The second-order valence-corrected chi connectivity index (χ2v) is 5.21. The van der Waals surface area contributed by atoms with E-state index in [1.54, 1.807) is 30.0 Å². The Morgan fingerprint density at radius 1 is 1.32 bits per heavy atom. The van der Waals surface area contributed by atoms with Gasteiger partial charge in [0, 0.05) is 24.7 Å². The first-order chi connectivity index (χ1) is 10.6. The van der Waals surface area contributed by atoms with Gasteiger partial charge in [-0.25, -0.2) is 4.39 Å². The lowest BCUT2D eigenvalue weighted by atomic mass is 9.97. The number of nitrogens with zero attached hydrogens (tertiary/aromatic N) is 1. The lowest BCUT2D eigenvalue weighted by Crippen LogP contribution is -2.39. The molecule has 0 spiro atoms. The number of ether oxygens (including phenoxy) is 1. The molecule has 0 N–H and O–H groups in total. The van der Waals surface area contributed by atoms with Crippen molar-refractivity contribution in [2.45, 2.75) is 19.8 Å². The molecule has 1 saturated heterocycles. The van der Waals surface area contributed by atoms with Gasteiger partial charge in [0.2, 0.25) is 5.91 Å². The normalized spacial score (nSPS) is 16.0. The molecule has 0 atom stereocenters. The van der Waals surface area contributed by atoms with Crippen LogP contribution in [0.4, 0.5) is 4.39 Å². The molecular weight excluding hydrogens is 285 g/mol. The molecule has 0 bridgehead atoms. The SMILES string of the molecule is CCOC(=O)C1CCN(C(=O)/C=C/c2ccccc2F)CC1. The summed E-state index contributed by atoms with van der Waals surface area (Å²) < 4.78 is 18.5. The largest absolute Gasteiger partial charge is 0.466 e. The molecule has 1 aromatic rings. The van der Waals surface area contributed by atoms with Crippen LogP contribution in [0, 0.1) is 11.7 Å². The monoisotopic (exact) mass is 305 g/mol. The molecule has 0 unspecified atom stereocenters. The van der Waals surface area contributed by atoms with Crippen LogP contribution in [0.3, 0.4) is 0 Å². The Morgan fingerprint density at radius 2 is 2.00 bits per heavy atom. The third kappa shape index (κ3) is 4.16. The zero-order chi connectivity index (χ0) is 15.9. The molecule has 118 valence electrons. The van der Waals surface area contributed by atoms with Crippen LogP contribution >= 0.6 is 0 Å². The number of hydrogen-bond donors (Lipinski definition) is 0. The number of piperidine rings is 1.